The van der Waals surface area contributed by atoms with Gasteiger partial charge >= 0.3 is 6.18 Å². The van der Waals surface area contributed by atoms with Gasteiger partial charge in [-0.25, -0.2) is 4.98 Å². The lowest BCUT2D eigenvalue weighted by Gasteiger charge is -2.17. The summed E-state index contributed by atoms with van der Waals surface area (Å²) in [6.45, 7) is 2.05. The molecule has 178 valence electrons. The molecule has 4 aromatic rings. The fraction of sp³-hybridized carbons (Fsp3) is 0.308. The zero-order valence-corrected chi connectivity index (χ0v) is 19.4. The molecule has 2 aromatic heterocycles. The Morgan fingerprint density at radius 3 is 2.18 bits per heavy atom. The smallest absolute Gasteiger partial charge is 0.433 e. The SMILES string of the molecule is CCCc1ncc(Cc2cc3cc(OC)ccc3nc2C(F)(F)F)c2cc(OC)c(OC)cc12. The van der Waals surface area contributed by atoms with Crippen molar-refractivity contribution in [3.8, 4) is 17.2 Å². The summed E-state index contributed by atoms with van der Waals surface area (Å²) < 4.78 is 58.1. The third-order valence-electron chi connectivity index (χ3n) is 5.79. The molecule has 0 atom stereocenters. The summed E-state index contributed by atoms with van der Waals surface area (Å²) in [5.74, 6) is 1.59. The lowest BCUT2D eigenvalue weighted by atomic mass is 9.96. The second-order valence-corrected chi connectivity index (χ2v) is 7.96. The van der Waals surface area contributed by atoms with Crippen LogP contribution in [0.5, 0.6) is 17.2 Å². The first-order valence-electron chi connectivity index (χ1n) is 10.9. The lowest BCUT2D eigenvalue weighted by molar-refractivity contribution is -0.141. The zero-order valence-electron chi connectivity index (χ0n) is 19.4. The van der Waals surface area contributed by atoms with Gasteiger partial charge in [0.05, 0.1) is 26.8 Å². The average Bonchev–Trinajstić information content (AvgIpc) is 2.83. The summed E-state index contributed by atoms with van der Waals surface area (Å²) in [5.41, 5.74) is 0.917. The quantitative estimate of drug-likeness (QED) is 0.314. The van der Waals surface area contributed by atoms with Gasteiger partial charge < -0.3 is 14.2 Å². The number of methoxy groups -OCH3 is 3. The highest BCUT2D eigenvalue weighted by Crippen LogP contribution is 2.38. The van der Waals surface area contributed by atoms with Crippen LogP contribution >= 0.6 is 0 Å². The number of hydrogen-bond donors (Lipinski definition) is 0. The Kier molecular flexibility index (Phi) is 6.50. The van der Waals surface area contributed by atoms with Gasteiger partial charge in [-0.05, 0) is 59.3 Å². The molecule has 0 spiro atoms. The van der Waals surface area contributed by atoms with Crippen LogP contribution in [0.1, 0.15) is 35.9 Å². The molecule has 2 heterocycles. The van der Waals surface area contributed by atoms with Gasteiger partial charge in [0.25, 0.3) is 0 Å². The second-order valence-electron chi connectivity index (χ2n) is 7.96. The Hall–Kier alpha value is -3.55. The van der Waals surface area contributed by atoms with Crippen LogP contribution in [-0.4, -0.2) is 31.3 Å². The molecule has 0 aliphatic heterocycles. The van der Waals surface area contributed by atoms with Crippen molar-refractivity contribution in [2.45, 2.75) is 32.4 Å². The highest BCUT2D eigenvalue weighted by atomic mass is 19.4. The summed E-state index contributed by atoms with van der Waals surface area (Å²) in [4.78, 5) is 8.55. The second kappa shape index (κ2) is 9.37. The van der Waals surface area contributed by atoms with Crippen LogP contribution in [-0.2, 0) is 19.0 Å². The molecule has 2 aromatic carbocycles. The van der Waals surface area contributed by atoms with E-state index < -0.39 is 11.9 Å². The van der Waals surface area contributed by atoms with Crippen molar-refractivity contribution in [1.82, 2.24) is 9.97 Å². The molecule has 5 nitrogen and oxygen atoms in total. The zero-order chi connectivity index (χ0) is 24.5. The Balaban J connectivity index is 1.93. The van der Waals surface area contributed by atoms with Gasteiger partial charge in [-0.1, -0.05) is 13.3 Å². The maximum Gasteiger partial charge on any atom is 0.433 e. The Bertz CT molecular complexity index is 1350. The fourth-order valence-electron chi connectivity index (χ4n) is 4.17. The summed E-state index contributed by atoms with van der Waals surface area (Å²) in [7, 11) is 4.59. The number of rotatable bonds is 7. The first kappa shape index (κ1) is 23.6. The third kappa shape index (κ3) is 4.44. The first-order valence-corrected chi connectivity index (χ1v) is 10.9. The van der Waals surface area contributed by atoms with E-state index in [2.05, 4.69) is 9.97 Å². The molecule has 34 heavy (non-hydrogen) atoms. The predicted molar refractivity (Wildman–Crippen MR) is 125 cm³/mol. The molecule has 0 aliphatic rings. The van der Waals surface area contributed by atoms with Crippen molar-refractivity contribution in [3.05, 3.63) is 65.1 Å². The number of benzene rings is 2. The molecule has 0 saturated heterocycles. The molecule has 4 rings (SSSR count). The third-order valence-corrected chi connectivity index (χ3v) is 5.79. The normalized spacial score (nSPS) is 11.7. The van der Waals surface area contributed by atoms with E-state index in [0.29, 0.717) is 28.2 Å². The largest absolute Gasteiger partial charge is 0.497 e. The molecule has 0 unspecified atom stereocenters. The van der Waals surface area contributed by atoms with Gasteiger partial charge in [0.2, 0.25) is 0 Å². The molecule has 0 saturated carbocycles. The van der Waals surface area contributed by atoms with Crippen LogP contribution in [0.3, 0.4) is 0 Å². The van der Waals surface area contributed by atoms with Crippen LogP contribution in [0.4, 0.5) is 13.2 Å². The molecule has 0 fully saturated rings. The van der Waals surface area contributed by atoms with Gasteiger partial charge in [0.1, 0.15) is 11.4 Å². The van der Waals surface area contributed by atoms with Crippen LogP contribution in [0.2, 0.25) is 0 Å². The van der Waals surface area contributed by atoms with E-state index in [9.17, 15) is 13.2 Å². The van der Waals surface area contributed by atoms with Crippen LogP contribution in [0.15, 0.2) is 42.6 Å². The number of halogens is 3. The highest BCUT2D eigenvalue weighted by molar-refractivity contribution is 5.91. The number of hydrogen-bond acceptors (Lipinski definition) is 5. The number of nitrogens with zero attached hydrogens (tertiary/aromatic N) is 2. The molecule has 0 bridgehead atoms. The maximum atomic E-state index is 14.0. The number of fused-ring (bicyclic) bond motifs is 2. The van der Waals surface area contributed by atoms with E-state index in [1.54, 1.807) is 31.5 Å². The van der Waals surface area contributed by atoms with E-state index in [1.165, 1.54) is 26.4 Å². The molecule has 8 heteroatoms. The van der Waals surface area contributed by atoms with E-state index in [-0.39, 0.29) is 17.5 Å². The van der Waals surface area contributed by atoms with Crippen LogP contribution in [0.25, 0.3) is 21.7 Å². The summed E-state index contributed by atoms with van der Waals surface area (Å²) in [5, 5.41) is 2.18. The summed E-state index contributed by atoms with van der Waals surface area (Å²) in [6, 6.07) is 9.97. The van der Waals surface area contributed by atoms with E-state index in [4.69, 9.17) is 14.2 Å². The first-order chi connectivity index (χ1) is 16.3. The summed E-state index contributed by atoms with van der Waals surface area (Å²) >= 11 is 0. The van der Waals surface area contributed by atoms with Gasteiger partial charge in [0, 0.05) is 29.1 Å². The molecular formula is C26H25F3N2O3. The van der Waals surface area contributed by atoms with Crippen molar-refractivity contribution < 1.29 is 27.4 Å². The number of aryl methyl sites for hydroxylation is 1. The highest BCUT2D eigenvalue weighted by Gasteiger charge is 2.36. The van der Waals surface area contributed by atoms with E-state index in [0.717, 1.165) is 29.3 Å². The molecular weight excluding hydrogens is 445 g/mol. The Morgan fingerprint density at radius 1 is 0.853 bits per heavy atom. The average molecular weight is 470 g/mol. The minimum Gasteiger partial charge on any atom is -0.497 e. The van der Waals surface area contributed by atoms with Crippen LogP contribution < -0.4 is 14.2 Å². The minimum atomic E-state index is -4.60. The molecule has 0 radical (unpaired) electrons. The van der Waals surface area contributed by atoms with Crippen molar-refractivity contribution in [2.24, 2.45) is 0 Å². The standard InChI is InChI=1S/C26H25F3N2O3/c1-5-6-22-20-13-24(34-4)23(33-3)12-19(20)17(14-30-22)10-16-9-15-11-18(32-2)7-8-21(15)31-25(16)26(27,28)29/h7-9,11-14H,5-6,10H2,1-4H3. The number of ether oxygens (including phenoxy) is 3. The predicted octanol–water partition coefficient (Wildman–Crippen LogP) is 6.37. The molecule has 0 amide bonds. The molecule has 0 N–H and O–H groups in total. The fourth-order valence-corrected chi connectivity index (χ4v) is 4.17. The van der Waals surface area contributed by atoms with Gasteiger partial charge in [0.15, 0.2) is 11.5 Å². The number of pyridine rings is 2. The van der Waals surface area contributed by atoms with Crippen LogP contribution in [0, 0.1) is 0 Å². The maximum absolute atomic E-state index is 14.0. The Labute approximate surface area is 195 Å². The molecule has 0 aliphatic carbocycles. The summed E-state index contributed by atoms with van der Waals surface area (Å²) in [6.07, 6.45) is -1.34. The lowest BCUT2D eigenvalue weighted by Crippen LogP contribution is -2.13. The minimum absolute atomic E-state index is 0.000378. The van der Waals surface area contributed by atoms with Crippen molar-refractivity contribution >= 4 is 21.7 Å². The van der Waals surface area contributed by atoms with E-state index >= 15 is 0 Å². The van der Waals surface area contributed by atoms with Crippen molar-refractivity contribution in [1.29, 1.82) is 0 Å². The van der Waals surface area contributed by atoms with Gasteiger partial charge in [-0.3, -0.25) is 4.98 Å². The van der Waals surface area contributed by atoms with Crippen molar-refractivity contribution in [2.75, 3.05) is 21.3 Å². The number of aromatic nitrogens is 2. The monoisotopic (exact) mass is 470 g/mol. The topological polar surface area (TPSA) is 53.5 Å². The van der Waals surface area contributed by atoms with Gasteiger partial charge in [-0.2, -0.15) is 13.2 Å². The van der Waals surface area contributed by atoms with E-state index in [1.807, 2.05) is 13.0 Å². The van der Waals surface area contributed by atoms with Gasteiger partial charge in [-0.15, -0.1) is 0 Å². The van der Waals surface area contributed by atoms with Crippen molar-refractivity contribution in [3.63, 3.8) is 0 Å². The Morgan fingerprint density at radius 2 is 1.56 bits per heavy atom. The number of alkyl halides is 3.